The molecule has 5 heteroatoms. The Balaban J connectivity index is 2.45. The summed E-state index contributed by atoms with van der Waals surface area (Å²) in [5.74, 6) is 0.380. The Hall–Kier alpha value is -0.580. The maximum atomic E-state index is 11.3. The molecule has 1 N–H and O–H groups in total. The molecular weight excluding hydrogens is 258 g/mol. The Morgan fingerprint density at radius 3 is 2.41 bits per heavy atom. The van der Waals surface area contributed by atoms with E-state index in [4.69, 9.17) is 11.6 Å². The summed E-state index contributed by atoms with van der Waals surface area (Å²) >= 11 is 5.80. The second-order valence-electron chi connectivity index (χ2n) is 3.96. The highest BCUT2D eigenvalue weighted by atomic mass is 35.5. The first-order valence-electron chi connectivity index (χ1n) is 5.64. The molecule has 0 aliphatic heterocycles. The molecule has 0 aliphatic rings. The van der Waals surface area contributed by atoms with Crippen molar-refractivity contribution in [3.63, 3.8) is 0 Å². The fraction of sp³-hybridized carbons (Fsp3) is 0.500. The van der Waals surface area contributed by atoms with Crippen LogP contribution in [-0.2, 0) is 9.84 Å². The summed E-state index contributed by atoms with van der Waals surface area (Å²) < 4.78 is 22.6. The summed E-state index contributed by atoms with van der Waals surface area (Å²) in [6.07, 6.45) is 0. The summed E-state index contributed by atoms with van der Waals surface area (Å²) in [5.41, 5.74) is 1.10. The number of hydrogen-bond donors (Lipinski definition) is 1. The molecule has 0 bridgehead atoms. The summed E-state index contributed by atoms with van der Waals surface area (Å²) in [5, 5.41) is 3.89. The second-order valence-corrected chi connectivity index (χ2v) is 6.87. The molecule has 3 nitrogen and oxygen atoms in total. The predicted octanol–water partition coefficient (Wildman–Crippen LogP) is 2.43. The molecule has 0 radical (unpaired) electrons. The Bertz CT molecular complexity index is 442. The fourth-order valence-electron chi connectivity index (χ4n) is 1.44. The fourth-order valence-corrected chi connectivity index (χ4v) is 2.29. The lowest BCUT2D eigenvalue weighted by Gasteiger charge is -2.14. The quantitative estimate of drug-likeness (QED) is 0.867. The average molecular weight is 276 g/mol. The van der Waals surface area contributed by atoms with E-state index in [-0.39, 0.29) is 17.5 Å². The van der Waals surface area contributed by atoms with E-state index < -0.39 is 9.84 Å². The molecule has 96 valence electrons. The van der Waals surface area contributed by atoms with E-state index in [9.17, 15) is 8.42 Å². The van der Waals surface area contributed by atoms with Crippen LogP contribution >= 0.6 is 11.6 Å². The monoisotopic (exact) mass is 275 g/mol. The first kappa shape index (κ1) is 14.5. The van der Waals surface area contributed by atoms with Gasteiger partial charge >= 0.3 is 0 Å². The number of nitrogens with one attached hydrogen (secondary N) is 1. The standard InChI is InChI=1S/C12H18ClNO2S/c1-3-17(15,16)9-8-14-10(2)11-4-6-12(13)7-5-11/h4-7,10,14H,3,8-9H2,1-2H3/t10-/m1/s1. The van der Waals surface area contributed by atoms with Crippen molar-refractivity contribution < 1.29 is 8.42 Å². The minimum absolute atomic E-state index is 0.124. The molecule has 0 spiro atoms. The Morgan fingerprint density at radius 2 is 1.88 bits per heavy atom. The van der Waals surface area contributed by atoms with E-state index >= 15 is 0 Å². The molecule has 0 saturated heterocycles. The molecule has 17 heavy (non-hydrogen) atoms. The van der Waals surface area contributed by atoms with Gasteiger partial charge in [-0.1, -0.05) is 30.7 Å². The van der Waals surface area contributed by atoms with Crippen molar-refractivity contribution in [3.05, 3.63) is 34.9 Å². The molecule has 1 atom stereocenters. The van der Waals surface area contributed by atoms with Crippen molar-refractivity contribution in [3.8, 4) is 0 Å². The topological polar surface area (TPSA) is 46.2 Å². The molecule has 0 saturated carbocycles. The lowest BCUT2D eigenvalue weighted by atomic mass is 10.1. The second kappa shape index (κ2) is 6.38. The van der Waals surface area contributed by atoms with E-state index in [1.54, 1.807) is 6.92 Å². The van der Waals surface area contributed by atoms with Crippen molar-refractivity contribution in [2.75, 3.05) is 18.1 Å². The highest BCUT2D eigenvalue weighted by Crippen LogP contribution is 2.15. The van der Waals surface area contributed by atoms with Crippen molar-refractivity contribution >= 4 is 21.4 Å². The van der Waals surface area contributed by atoms with Crippen LogP contribution in [0.4, 0.5) is 0 Å². The Morgan fingerprint density at radius 1 is 1.29 bits per heavy atom. The molecule has 0 heterocycles. The van der Waals surface area contributed by atoms with E-state index in [2.05, 4.69) is 5.32 Å². The van der Waals surface area contributed by atoms with Crippen LogP contribution in [-0.4, -0.2) is 26.5 Å². The van der Waals surface area contributed by atoms with Crippen LogP contribution in [0.2, 0.25) is 5.02 Å². The van der Waals surface area contributed by atoms with Gasteiger partial charge in [-0.05, 0) is 24.6 Å². The zero-order chi connectivity index (χ0) is 12.9. The summed E-state index contributed by atoms with van der Waals surface area (Å²) in [7, 11) is -2.89. The van der Waals surface area contributed by atoms with Gasteiger partial charge in [0.25, 0.3) is 0 Å². The molecule has 0 fully saturated rings. The first-order valence-corrected chi connectivity index (χ1v) is 7.84. The van der Waals surface area contributed by atoms with Crippen molar-refractivity contribution in [1.29, 1.82) is 0 Å². The lowest BCUT2D eigenvalue weighted by molar-refractivity contribution is 0.573. The van der Waals surface area contributed by atoms with Gasteiger partial charge in [0.1, 0.15) is 0 Å². The van der Waals surface area contributed by atoms with Crippen LogP contribution in [0.5, 0.6) is 0 Å². The zero-order valence-electron chi connectivity index (χ0n) is 10.1. The van der Waals surface area contributed by atoms with Crippen LogP contribution in [0.25, 0.3) is 0 Å². The SMILES string of the molecule is CCS(=O)(=O)CCN[C@H](C)c1ccc(Cl)cc1. The molecule has 1 aromatic carbocycles. The number of benzene rings is 1. The summed E-state index contributed by atoms with van der Waals surface area (Å²) in [6, 6.07) is 7.66. The third-order valence-corrected chi connectivity index (χ3v) is 4.63. The number of hydrogen-bond acceptors (Lipinski definition) is 3. The maximum absolute atomic E-state index is 11.3. The van der Waals surface area contributed by atoms with Crippen LogP contribution in [0.1, 0.15) is 25.5 Å². The highest BCUT2D eigenvalue weighted by Gasteiger charge is 2.09. The largest absolute Gasteiger partial charge is 0.309 e. The first-order chi connectivity index (χ1) is 7.94. The van der Waals surface area contributed by atoms with E-state index in [0.29, 0.717) is 11.6 Å². The normalized spacial score (nSPS) is 13.6. The van der Waals surface area contributed by atoms with Crippen LogP contribution in [0.3, 0.4) is 0 Å². The molecular formula is C12H18ClNO2S. The zero-order valence-corrected chi connectivity index (χ0v) is 11.7. The van der Waals surface area contributed by atoms with E-state index in [0.717, 1.165) is 5.56 Å². The number of halogens is 1. The molecule has 0 amide bonds. The van der Waals surface area contributed by atoms with Crippen LogP contribution in [0.15, 0.2) is 24.3 Å². The van der Waals surface area contributed by atoms with Gasteiger partial charge in [0, 0.05) is 23.4 Å². The molecule has 0 aliphatic carbocycles. The molecule has 1 rings (SSSR count). The van der Waals surface area contributed by atoms with Gasteiger partial charge < -0.3 is 5.32 Å². The van der Waals surface area contributed by atoms with Gasteiger partial charge in [-0.2, -0.15) is 0 Å². The van der Waals surface area contributed by atoms with Gasteiger partial charge in [-0.25, -0.2) is 8.42 Å². The molecule has 0 aromatic heterocycles. The smallest absolute Gasteiger partial charge is 0.151 e. The number of sulfone groups is 1. The van der Waals surface area contributed by atoms with Crippen LogP contribution < -0.4 is 5.32 Å². The summed E-state index contributed by atoms with van der Waals surface area (Å²) in [4.78, 5) is 0. The third-order valence-electron chi connectivity index (χ3n) is 2.67. The van der Waals surface area contributed by atoms with E-state index in [1.165, 1.54) is 0 Å². The van der Waals surface area contributed by atoms with Crippen molar-refractivity contribution in [1.82, 2.24) is 5.32 Å². The minimum Gasteiger partial charge on any atom is -0.309 e. The van der Waals surface area contributed by atoms with Crippen LogP contribution in [0, 0.1) is 0 Å². The predicted molar refractivity (Wildman–Crippen MR) is 72.2 cm³/mol. The third kappa shape index (κ3) is 5.06. The average Bonchev–Trinajstić information content (AvgIpc) is 2.29. The number of rotatable bonds is 6. The van der Waals surface area contributed by atoms with Gasteiger partial charge in [0.05, 0.1) is 5.75 Å². The highest BCUT2D eigenvalue weighted by molar-refractivity contribution is 7.91. The van der Waals surface area contributed by atoms with Gasteiger partial charge in [-0.15, -0.1) is 0 Å². The van der Waals surface area contributed by atoms with Gasteiger partial charge in [0.15, 0.2) is 9.84 Å². The Kier molecular flexibility index (Phi) is 5.43. The molecule has 1 aromatic rings. The van der Waals surface area contributed by atoms with Gasteiger partial charge in [0.2, 0.25) is 0 Å². The van der Waals surface area contributed by atoms with Crippen molar-refractivity contribution in [2.45, 2.75) is 19.9 Å². The Labute approximate surface area is 108 Å². The lowest BCUT2D eigenvalue weighted by Crippen LogP contribution is -2.26. The van der Waals surface area contributed by atoms with E-state index in [1.807, 2.05) is 31.2 Å². The summed E-state index contributed by atoms with van der Waals surface area (Å²) in [6.45, 7) is 4.14. The van der Waals surface area contributed by atoms with Crippen molar-refractivity contribution in [2.24, 2.45) is 0 Å². The minimum atomic E-state index is -2.89. The van der Waals surface area contributed by atoms with Gasteiger partial charge in [-0.3, -0.25) is 0 Å². The molecule has 0 unspecified atom stereocenters. The maximum Gasteiger partial charge on any atom is 0.151 e.